The summed E-state index contributed by atoms with van der Waals surface area (Å²) < 4.78 is 0. The number of carbonyl (C=O) groups excluding carboxylic acids is 1. The maximum Gasteiger partial charge on any atom is 0.165 e. The summed E-state index contributed by atoms with van der Waals surface area (Å²) in [4.78, 5) is 12.4. The molecule has 0 aromatic heterocycles. The minimum absolute atomic E-state index is 0.0357. The number of fused-ring (bicyclic) bond motifs is 1. The Labute approximate surface area is 103 Å². The number of nitrogens with one attached hydrogen (secondary N) is 1. The predicted octanol–water partition coefficient (Wildman–Crippen LogP) is 3.42. The lowest BCUT2D eigenvalue weighted by Gasteiger charge is -2.07. The zero-order valence-corrected chi connectivity index (χ0v) is 10.4. The first-order valence-corrected chi connectivity index (χ1v) is 6.41. The van der Waals surface area contributed by atoms with E-state index in [1.165, 1.54) is 17.8 Å². The van der Waals surface area contributed by atoms with Crippen LogP contribution in [0.4, 0.5) is 5.69 Å². The number of alkyl halides is 1. The van der Waals surface area contributed by atoms with Crippen LogP contribution in [0.2, 0.25) is 0 Å². The molecule has 5 heteroatoms. The van der Waals surface area contributed by atoms with Gasteiger partial charge in [-0.1, -0.05) is 30.3 Å². The van der Waals surface area contributed by atoms with Crippen molar-refractivity contribution in [3.8, 4) is 5.75 Å². The van der Waals surface area contributed by atoms with Gasteiger partial charge in [0.2, 0.25) is 0 Å². The molecule has 1 atom stereocenters. The summed E-state index contributed by atoms with van der Waals surface area (Å²) in [5.41, 5.74) is 1.29. The van der Waals surface area contributed by atoms with Gasteiger partial charge in [-0.05, 0) is 18.6 Å². The van der Waals surface area contributed by atoms with Crippen molar-refractivity contribution in [2.45, 2.75) is 29.5 Å². The van der Waals surface area contributed by atoms with Crippen molar-refractivity contribution in [3.05, 3.63) is 17.7 Å². The third-order valence-corrected chi connectivity index (χ3v) is 3.63. The second-order valence-electron chi connectivity index (χ2n) is 3.62. The molecule has 2 N–H and O–H groups in total. The molecule has 0 spiro atoms. The van der Waals surface area contributed by atoms with Gasteiger partial charge in [0.25, 0.3) is 0 Å². The summed E-state index contributed by atoms with van der Waals surface area (Å²) in [5, 5.41) is 12.6. The first kappa shape index (κ1) is 11.6. The summed E-state index contributed by atoms with van der Waals surface area (Å²) in [6.07, 6.45) is 1.27. The third-order valence-electron chi connectivity index (χ3n) is 2.35. The number of thioether (sulfide) groups is 1. The molecule has 1 heterocycles. The molecular formula is C11H12ClNO2S. The molecule has 0 amide bonds. The molecule has 1 aromatic rings. The largest absolute Gasteiger partial charge is 0.508 e. The minimum atomic E-state index is -0.273. The molecule has 0 radical (unpaired) electrons. The van der Waals surface area contributed by atoms with E-state index in [4.69, 9.17) is 11.6 Å². The van der Waals surface area contributed by atoms with E-state index in [1.807, 2.05) is 6.92 Å². The molecule has 1 aliphatic rings. The van der Waals surface area contributed by atoms with E-state index in [9.17, 15) is 9.90 Å². The fourth-order valence-electron chi connectivity index (χ4n) is 1.68. The number of carbonyl (C=O) groups is 1. The Morgan fingerprint density at radius 1 is 1.62 bits per heavy atom. The number of aromatic hydroxyl groups is 1. The molecule has 16 heavy (non-hydrogen) atoms. The molecule has 0 saturated carbocycles. The van der Waals surface area contributed by atoms with Crippen molar-refractivity contribution < 1.29 is 9.90 Å². The van der Waals surface area contributed by atoms with E-state index < -0.39 is 0 Å². The summed E-state index contributed by atoms with van der Waals surface area (Å²) >= 11 is 7.34. The number of benzene rings is 1. The van der Waals surface area contributed by atoms with Crippen LogP contribution in [0, 0.1) is 0 Å². The number of anilines is 1. The fraction of sp³-hybridized carbons (Fsp3) is 0.364. The van der Waals surface area contributed by atoms with Gasteiger partial charge in [-0.25, -0.2) is 0 Å². The average molecular weight is 258 g/mol. The summed E-state index contributed by atoms with van der Waals surface area (Å²) in [5.74, 6) is 0.145. The Hall–Kier alpha value is -0.870. The highest BCUT2D eigenvalue weighted by Gasteiger charge is 2.25. The van der Waals surface area contributed by atoms with E-state index in [-0.39, 0.29) is 16.4 Å². The number of halogens is 1. The van der Waals surface area contributed by atoms with Crippen LogP contribution >= 0.6 is 23.4 Å². The van der Waals surface area contributed by atoms with Crippen LogP contribution in [0.25, 0.3) is 0 Å². The van der Waals surface area contributed by atoms with Crippen molar-refractivity contribution in [1.82, 2.24) is 0 Å². The first-order valence-electron chi connectivity index (χ1n) is 5.09. The van der Waals surface area contributed by atoms with Crippen LogP contribution < -0.4 is 5.32 Å². The van der Waals surface area contributed by atoms with Gasteiger partial charge in [-0.3, -0.25) is 4.79 Å². The summed E-state index contributed by atoms with van der Waals surface area (Å²) in [7, 11) is 0. The Bertz CT molecular complexity index is 436. The van der Waals surface area contributed by atoms with Crippen LogP contribution in [0.5, 0.6) is 5.75 Å². The quantitative estimate of drug-likeness (QED) is 0.377. The molecule has 86 valence electrons. The highest BCUT2D eigenvalue weighted by molar-refractivity contribution is 8.01. The summed E-state index contributed by atoms with van der Waals surface area (Å²) in [6.45, 7) is 1.95. The van der Waals surface area contributed by atoms with E-state index in [0.717, 1.165) is 17.0 Å². The first-order chi connectivity index (χ1) is 7.61. The number of ketones is 1. The van der Waals surface area contributed by atoms with E-state index >= 15 is 0 Å². The molecule has 3 nitrogen and oxygen atoms in total. The number of hydrogen-bond donors (Lipinski definition) is 2. The van der Waals surface area contributed by atoms with Gasteiger partial charge in [-0.15, -0.1) is 0 Å². The molecule has 0 bridgehead atoms. The van der Waals surface area contributed by atoms with Gasteiger partial charge in [0, 0.05) is 16.9 Å². The summed E-state index contributed by atoms with van der Waals surface area (Å²) in [6, 6.07) is 3.12. The van der Waals surface area contributed by atoms with Crippen LogP contribution in [-0.4, -0.2) is 15.7 Å². The highest BCUT2D eigenvalue weighted by atomic mass is 35.5. The Kier molecular flexibility index (Phi) is 3.30. The standard InChI is InChI=1S/C11H12ClNO2S/c1-2-3-8(15)7-4-6(14)5-9-10(7)13-11(12)16-9/h4-5,11,13-14H,2-3H2,1H3. The Balaban J connectivity index is 2.42. The second kappa shape index (κ2) is 4.55. The maximum absolute atomic E-state index is 11.9. The van der Waals surface area contributed by atoms with Crippen LogP contribution in [0.1, 0.15) is 30.1 Å². The number of Topliss-reactive ketones (excluding diaryl/α,β-unsaturated/α-hetero) is 1. The van der Waals surface area contributed by atoms with Gasteiger partial charge in [0.1, 0.15) is 5.75 Å². The van der Waals surface area contributed by atoms with Gasteiger partial charge in [-0.2, -0.15) is 0 Å². The lowest BCUT2D eigenvalue weighted by atomic mass is 10.0. The Morgan fingerprint density at radius 2 is 2.38 bits per heavy atom. The Morgan fingerprint density at radius 3 is 3.06 bits per heavy atom. The normalized spacial score (nSPS) is 18.0. The number of phenolic OH excluding ortho intramolecular Hbond substituents is 1. The van der Waals surface area contributed by atoms with Crippen molar-refractivity contribution in [2.75, 3.05) is 5.32 Å². The van der Waals surface area contributed by atoms with Gasteiger partial charge in [0.15, 0.2) is 10.6 Å². The van der Waals surface area contributed by atoms with Crippen LogP contribution in [-0.2, 0) is 0 Å². The maximum atomic E-state index is 11.9. The topological polar surface area (TPSA) is 49.3 Å². The predicted molar refractivity (Wildman–Crippen MR) is 66.5 cm³/mol. The highest BCUT2D eigenvalue weighted by Crippen LogP contribution is 2.44. The number of hydrogen-bond acceptors (Lipinski definition) is 4. The lowest BCUT2D eigenvalue weighted by molar-refractivity contribution is 0.0982. The fourth-order valence-corrected chi connectivity index (χ4v) is 2.95. The average Bonchev–Trinajstić information content (AvgIpc) is 2.57. The molecular weight excluding hydrogens is 246 g/mol. The number of rotatable bonds is 3. The van der Waals surface area contributed by atoms with Crippen molar-refractivity contribution in [2.24, 2.45) is 0 Å². The van der Waals surface area contributed by atoms with E-state index in [1.54, 1.807) is 6.07 Å². The molecule has 0 fully saturated rings. The molecule has 0 aliphatic carbocycles. The van der Waals surface area contributed by atoms with Crippen LogP contribution in [0.15, 0.2) is 17.0 Å². The van der Waals surface area contributed by atoms with Gasteiger partial charge < -0.3 is 10.4 Å². The zero-order valence-electron chi connectivity index (χ0n) is 8.79. The van der Waals surface area contributed by atoms with Crippen molar-refractivity contribution >= 4 is 34.8 Å². The SMILES string of the molecule is CCCC(=O)c1cc(O)cc2c1NC(Cl)S2. The van der Waals surface area contributed by atoms with E-state index in [2.05, 4.69) is 5.32 Å². The van der Waals surface area contributed by atoms with Crippen molar-refractivity contribution in [3.63, 3.8) is 0 Å². The monoisotopic (exact) mass is 257 g/mol. The molecule has 1 unspecified atom stereocenters. The molecule has 0 saturated heterocycles. The third kappa shape index (κ3) is 2.13. The lowest BCUT2D eigenvalue weighted by Crippen LogP contribution is -2.06. The zero-order chi connectivity index (χ0) is 11.7. The second-order valence-corrected chi connectivity index (χ2v) is 5.46. The van der Waals surface area contributed by atoms with Crippen LogP contribution in [0.3, 0.4) is 0 Å². The van der Waals surface area contributed by atoms with Gasteiger partial charge >= 0.3 is 0 Å². The molecule has 1 aliphatic heterocycles. The molecule has 2 rings (SSSR count). The smallest absolute Gasteiger partial charge is 0.165 e. The molecule has 1 aromatic carbocycles. The minimum Gasteiger partial charge on any atom is -0.508 e. The van der Waals surface area contributed by atoms with Gasteiger partial charge in [0.05, 0.1) is 5.69 Å². The number of phenols is 1. The van der Waals surface area contributed by atoms with E-state index in [0.29, 0.717) is 12.0 Å². The van der Waals surface area contributed by atoms with Crippen molar-refractivity contribution in [1.29, 1.82) is 0 Å².